The van der Waals surface area contributed by atoms with Crippen LogP contribution in [0.3, 0.4) is 0 Å². The summed E-state index contributed by atoms with van der Waals surface area (Å²) in [4.78, 5) is 11.3. The van der Waals surface area contributed by atoms with E-state index in [4.69, 9.17) is 5.84 Å². The molecule has 0 saturated carbocycles. The van der Waals surface area contributed by atoms with E-state index in [0.29, 0.717) is 0 Å². The lowest BCUT2D eigenvalue weighted by Crippen LogP contribution is -2.30. The van der Waals surface area contributed by atoms with Gasteiger partial charge in [-0.15, -0.1) is 0 Å². The predicted molar refractivity (Wildman–Crippen MR) is 55.8 cm³/mol. The zero-order chi connectivity index (χ0) is 11.5. The number of sulfone groups is 1. The van der Waals surface area contributed by atoms with Crippen LogP contribution < -0.4 is 11.3 Å². The summed E-state index contributed by atoms with van der Waals surface area (Å²) in [6.45, 7) is 1.55. The number of nitrogens with one attached hydrogen (secondary N) is 1. The van der Waals surface area contributed by atoms with Crippen molar-refractivity contribution in [2.45, 2.75) is 11.8 Å². The van der Waals surface area contributed by atoms with Crippen molar-refractivity contribution in [3.8, 4) is 0 Å². The molecule has 0 fully saturated rings. The molecule has 0 aliphatic carbocycles. The second kappa shape index (κ2) is 4.41. The maximum Gasteiger partial charge on any atom is 0.265 e. The standard InChI is InChI=1S/C9H12N2O3S/c1-2-15(13,14)8-5-3-4-7(6-8)9(12)11-10/h3-6H,2,10H2,1H3,(H,11,12). The molecule has 1 amide bonds. The topological polar surface area (TPSA) is 89.3 Å². The minimum absolute atomic E-state index is 0.000692. The number of hydrogen-bond donors (Lipinski definition) is 2. The van der Waals surface area contributed by atoms with Crippen LogP contribution in [0.5, 0.6) is 0 Å². The van der Waals surface area contributed by atoms with Gasteiger partial charge in [0, 0.05) is 5.56 Å². The highest BCUT2D eigenvalue weighted by molar-refractivity contribution is 7.91. The Bertz CT molecular complexity index is 468. The van der Waals surface area contributed by atoms with Crippen LogP contribution in [0.25, 0.3) is 0 Å². The van der Waals surface area contributed by atoms with Crippen molar-refractivity contribution in [2.24, 2.45) is 5.84 Å². The van der Waals surface area contributed by atoms with Gasteiger partial charge >= 0.3 is 0 Å². The third-order valence-electron chi connectivity index (χ3n) is 1.97. The normalized spacial score (nSPS) is 11.1. The van der Waals surface area contributed by atoms with Gasteiger partial charge in [-0.25, -0.2) is 14.3 Å². The van der Waals surface area contributed by atoms with Gasteiger partial charge in [0.25, 0.3) is 5.91 Å². The highest BCUT2D eigenvalue weighted by atomic mass is 32.2. The fourth-order valence-electron chi connectivity index (χ4n) is 1.08. The summed E-state index contributed by atoms with van der Waals surface area (Å²) in [7, 11) is -3.28. The number of hydrogen-bond acceptors (Lipinski definition) is 4. The molecule has 5 nitrogen and oxygen atoms in total. The Balaban J connectivity index is 3.20. The van der Waals surface area contributed by atoms with E-state index in [2.05, 4.69) is 0 Å². The Labute approximate surface area is 88.2 Å². The predicted octanol–water partition coefficient (Wildman–Crippen LogP) is 0.0837. The Morgan fingerprint density at radius 2 is 2.13 bits per heavy atom. The monoisotopic (exact) mass is 228 g/mol. The van der Waals surface area contributed by atoms with Gasteiger partial charge in [-0.05, 0) is 18.2 Å². The number of carbonyl (C=O) groups is 1. The zero-order valence-corrected chi connectivity index (χ0v) is 9.04. The molecule has 0 bridgehead atoms. The summed E-state index contributed by atoms with van der Waals surface area (Å²) in [5.74, 6) is 4.44. The number of amides is 1. The Morgan fingerprint density at radius 1 is 1.47 bits per heavy atom. The van der Waals surface area contributed by atoms with Crippen molar-refractivity contribution >= 4 is 15.7 Å². The molecule has 82 valence electrons. The fourth-order valence-corrected chi connectivity index (χ4v) is 2.01. The number of rotatable bonds is 3. The molecule has 0 atom stereocenters. The van der Waals surface area contributed by atoms with Gasteiger partial charge in [0.05, 0.1) is 10.6 Å². The van der Waals surface area contributed by atoms with Crippen LogP contribution in [-0.4, -0.2) is 20.1 Å². The SMILES string of the molecule is CCS(=O)(=O)c1cccc(C(=O)NN)c1. The summed E-state index contributed by atoms with van der Waals surface area (Å²) in [5, 5.41) is 0. The lowest BCUT2D eigenvalue weighted by atomic mass is 10.2. The molecule has 0 radical (unpaired) electrons. The van der Waals surface area contributed by atoms with Crippen molar-refractivity contribution in [3.05, 3.63) is 29.8 Å². The summed E-state index contributed by atoms with van der Waals surface area (Å²) in [5.41, 5.74) is 2.17. The minimum atomic E-state index is -3.28. The first-order chi connectivity index (χ1) is 7.01. The number of benzene rings is 1. The second-order valence-corrected chi connectivity index (χ2v) is 5.18. The zero-order valence-electron chi connectivity index (χ0n) is 8.23. The molecule has 6 heteroatoms. The van der Waals surface area contributed by atoms with Crippen LogP contribution in [0.2, 0.25) is 0 Å². The summed E-state index contributed by atoms with van der Waals surface area (Å²) in [6, 6.07) is 5.76. The van der Waals surface area contributed by atoms with Gasteiger partial charge in [-0.2, -0.15) is 0 Å². The molecule has 0 saturated heterocycles. The van der Waals surface area contributed by atoms with Crippen molar-refractivity contribution in [2.75, 3.05) is 5.75 Å². The van der Waals surface area contributed by atoms with E-state index >= 15 is 0 Å². The highest BCUT2D eigenvalue weighted by Crippen LogP contribution is 2.12. The van der Waals surface area contributed by atoms with Gasteiger partial charge in [0.1, 0.15) is 0 Å². The molecule has 1 aromatic rings. The Kier molecular flexibility index (Phi) is 3.43. The van der Waals surface area contributed by atoms with Gasteiger partial charge in [0.2, 0.25) is 0 Å². The molecule has 0 unspecified atom stereocenters. The fraction of sp³-hybridized carbons (Fsp3) is 0.222. The summed E-state index contributed by atoms with van der Waals surface area (Å²) >= 11 is 0. The van der Waals surface area contributed by atoms with Crippen LogP contribution in [0.1, 0.15) is 17.3 Å². The number of carbonyl (C=O) groups excluding carboxylic acids is 1. The third kappa shape index (κ3) is 2.54. The summed E-state index contributed by atoms with van der Waals surface area (Å²) in [6.07, 6.45) is 0. The van der Waals surface area contributed by atoms with E-state index < -0.39 is 15.7 Å². The van der Waals surface area contributed by atoms with Crippen LogP contribution in [0, 0.1) is 0 Å². The van der Waals surface area contributed by atoms with Gasteiger partial charge in [0.15, 0.2) is 9.84 Å². The number of nitrogens with two attached hydrogens (primary N) is 1. The van der Waals surface area contributed by atoms with Crippen molar-refractivity contribution < 1.29 is 13.2 Å². The quantitative estimate of drug-likeness (QED) is 0.435. The van der Waals surface area contributed by atoms with E-state index in [1.54, 1.807) is 6.92 Å². The molecule has 1 rings (SSSR count). The highest BCUT2D eigenvalue weighted by Gasteiger charge is 2.13. The minimum Gasteiger partial charge on any atom is -0.290 e. The third-order valence-corrected chi connectivity index (χ3v) is 3.70. The molecular weight excluding hydrogens is 216 g/mol. The van der Waals surface area contributed by atoms with E-state index in [1.165, 1.54) is 24.3 Å². The van der Waals surface area contributed by atoms with Crippen LogP contribution in [0.15, 0.2) is 29.2 Å². The maximum atomic E-state index is 11.5. The van der Waals surface area contributed by atoms with E-state index in [0.717, 1.165) is 0 Å². The van der Waals surface area contributed by atoms with Crippen molar-refractivity contribution in [3.63, 3.8) is 0 Å². The number of nitrogen functional groups attached to an aromatic ring is 1. The average Bonchev–Trinajstić information content (AvgIpc) is 2.28. The molecular formula is C9H12N2O3S. The van der Waals surface area contributed by atoms with Crippen molar-refractivity contribution in [1.29, 1.82) is 0 Å². The van der Waals surface area contributed by atoms with Gasteiger partial charge in [-0.3, -0.25) is 10.2 Å². The molecule has 0 heterocycles. The van der Waals surface area contributed by atoms with Crippen molar-refractivity contribution in [1.82, 2.24) is 5.43 Å². The lowest BCUT2D eigenvalue weighted by molar-refractivity contribution is 0.0953. The molecule has 0 aliphatic rings. The smallest absolute Gasteiger partial charge is 0.265 e. The Morgan fingerprint density at radius 3 is 2.67 bits per heavy atom. The van der Waals surface area contributed by atoms with E-state index in [9.17, 15) is 13.2 Å². The van der Waals surface area contributed by atoms with Gasteiger partial charge in [-0.1, -0.05) is 13.0 Å². The molecule has 15 heavy (non-hydrogen) atoms. The van der Waals surface area contributed by atoms with E-state index in [1.807, 2.05) is 5.43 Å². The first-order valence-electron chi connectivity index (χ1n) is 4.35. The van der Waals surface area contributed by atoms with Crippen LogP contribution in [0.4, 0.5) is 0 Å². The average molecular weight is 228 g/mol. The maximum absolute atomic E-state index is 11.5. The molecule has 0 aromatic heterocycles. The molecule has 1 aromatic carbocycles. The number of hydrazine groups is 1. The molecule has 0 spiro atoms. The van der Waals surface area contributed by atoms with E-state index in [-0.39, 0.29) is 16.2 Å². The first kappa shape index (κ1) is 11.7. The van der Waals surface area contributed by atoms with Crippen LogP contribution >= 0.6 is 0 Å². The summed E-state index contributed by atoms with van der Waals surface area (Å²) < 4.78 is 23.0. The molecule has 0 aliphatic heterocycles. The largest absolute Gasteiger partial charge is 0.290 e. The van der Waals surface area contributed by atoms with Crippen LogP contribution in [-0.2, 0) is 9.84 Å². The first-order valence-corrected chi connectivity index (χ1v) is 6.00. The Hall–Kier alpha value is -1.40. The second-order valence-electron chi connectivity index (χ2n) is 2.90. The van der Waals surface area contributed by atoms with Gasteiger partial charge < -0.3 is 0 Å². The lowest BCUT2D eigenvalue weighted by Gasteiger charge is -2.03. The molecule has 3 N–H and O–H groups in total.